The highest BCUT2D eigenvalue weighted by Crippen LogP contribution is 2.27. The second-order valence-electron chi connectivity index (χ2n) is 8.35. The minimum atomic E-state index is -0.894. The van der Waals surface area contributed by atoms with Crippen molar-refractivity contribution in [2.75, 3.05) is 19.8 Å². The van der Waals surface area contributed by atoms with Crippen LogP contribution in [0, 0.1) is 12.7 Å². The number of fused-ring (bicyclic) bond motifs is 1. The summed E-state index contributed by atoms with van der Waals surface area (Å²) in [6, 6.07) is 21.5. The third-order valence-electron chi connectivity index (χ3n) is 5.61. The van der Waals surface area contributed by atoms with Gasteiger partial charge in [-0.1, -0.05) is 54.1 Å². The van der Waals surface area contributed by atoms with Gasteiger partial charge in [-0.25, -0.2) is 14.2 Å². The number of carbonyl (C=O) groups excluding carboxylic acids is 1. The minimum absolute atomic E-state index is 0.241. The Morgan fingerprint density at radius 2 is 1.64 bits per heavy atom. The van der Waals surface area contributed by atoms with Crippen LogP contribution in [0.3, 0.4) is 0 Å². The summed E-state index contributed by atoms with van der Waals surface area (Å²) in [4.78, 5) is 21.7. The zero-order chi connectivity index (χ0) is 25.3. The maximum Gasteiger partial charge on any atom is 0.339 e. The fourth-order valence-electron chi connectivity index (χ4n) is 3.72. The lowest BCUT2D eigenvalue weighted by molar-refractivity contribution is -0.157. The average Bonchev–Trinajstić information content (AvgIpc) is 2.89. The van der Waals surface area contributed by atoms with Crippen molar-refractivity contribution in [3.8, 4) is 17.3 Å². The fourth-order valence-corrected chi connectivity index (χ4v) is 3.72. The molecule has 4 aromatic rings. The van der Waals surface area contributed by atoms with Gasteiger partial charge in [0, 0.05) is 12.2 Å². The number of hydrogen-bond donors (Lipinski definition) is 0. The average molecular weight is 489 g/mol. The highest BCUT2D eigenvalue weighted by molar-refractivity contribution is 5.85. The van der Waals surface area contributed by atoms with E-state index in [2.05, 4.69) is 4.98 Å². The molecule has 4 rings (SSSR count). The van der Waals surface area contributed by atoms with Crippen molar-refractivity contribution >= 4 is 16.9 Å². The highest BCUT2D eigenvalue weighted by atomic mass is 19.1. The largest absolute Gasteiger partial charge is 0.477 e. The third-order valence-corrected chi connectivity index (χ3v) is 5.61. The van der Waals surface area contributed by atoms with E-state index in [4.69, 9.17) is 19.2 Å². The first-order valence-electron chi connectivity index (χ1n) is 12.1. The van der Waals surface area contributed by atoms with Crippen LogP contribution in [-0.2, 0) is 14.3 Å². The first-order chi connectivity index (χ1) is 17.5. The van der Waals surface area contributed by atoms with E-state index < -0.39 is 12.1 Å². The Bertz CT molecular complexity index is 1290. The topological polar surface area (TPSA) is 70.5 Å². The van der Waals surface area contributed by atoms with Crippen molar-refractivity contribution in [2.45, 2.75) is 32.8 Å². The van der Waals surface area contributed by atoms with Crippen LogP contribution in [0.25, 0.3) is 22.3 Å². The number of nitrogens with zero attached hydrogens (tertiary/aromatic N) is 2. The quantitative estimate of drug-likeness (QED) is 0.184. The summed E-state index contributed by atoms with van der Waals surface area (Å²) in [7, 11) is 0. The molecule has 0 aliphatic carbocycles. The van der Waals surface area contributed by atoms with Gasteiger partial charge in [0.1, 0.15) is 5.82 Å². The van der Waals surface area contributed by atoms with Crippen LogP contribution in [0.2, 0.25) is 0 Å². The van der Waals surface area contributed by atoms with Gasteiger partial charge >= 0.3 is 5.97 Å². The summed E-state index contributed by atoms with van der Waals surface area (Å²) in [5, 5.41) is 0.850. The molecule has 0 aliphatic heterocycles. The Hall–Kier alpha value is -3.84. The van der Waals surface area contributed by atoms with Gasteiger partial charge in [-0.2, -0.15) is 4.98 Å². The van der Waals surface area contributed by atoms with E-state index in [9.17, 15) is 9.18 Å². The minimum Gasteiger partial charge on any atom is -0.477 e. The number of para-hydroxylation sites is 1. The van der Waals surface area contributed by atoms with Gasteiger partial charge in [0.2, 0.25) is 5.88 Å². The van der Waals surface area contributed by atoms with E-state index in [1.54, 1.807) is 6.92 Å². The summed E-state index contributed by atoms with van der Waals surface area (Å²) in [5.74, 6) is 0.286. The monoisotopic (exact) mass is 488 g/mol. The summed E-state index contributed by atoms with van der Waals surface area (Å²) in [5.41, 5.74) is 3.47. The normalized spacial score (nSPS) is 11.9. The van der Waals surface area contributed by atoms with Gasteiger partial charge in [0.05, 0.1) is 24.1 Å². The lowest BCUT2D eigenvalue weighted by atomic mass is 10.1. The summed E-state index contributed by atoms with van der Waals surface area (Å²) in [6.07, 6.45) is 0.455. The molecule has 0 bridgehead atoms. The van der Waals surface area contributed by atoms with Crippen molar-refractivity contribution in [2.24, 2.45) is 0 Å². The predicted molar refractivity (Wildman–Crippen MR) is 136 cm³/mol. The van der Waals surface area contributed by atoms with E-state index in [-0.39, 0.29) is 12.4 Å². The Morgan fingerprint density at radius 3 is 2.39 bits per heavy atom. The molecule has 1 unspecified atom stereocenters. The molecule has 0 spiro atoms. The van der Waals surface area contributed by atoms with E-state index in [1.807, 2.05) is 55.5 Å². The lowest BCUT2D eigenvalue weighted by Gasteiger charge is -2.17. The van der Waals surface area contributed by atoms with Crippen LogP contribution in [0.5, 0.6) is 5.88 Å². The zero-order valence-electron chi connectivity index (χ0n) is 20.4. The molecule has 0 aliphatic rings. The molecule has 186 valence electrons. The van der Waals surface area contributed by atoms with E-state index in [0.29, 0.717) is 43.3 Å². The molecule has 0 N–H and O–H groups in total. The Labute approximate surface area is 210 Å². The van der Waals surface area contributed by atoms with E-state index in [1.165, 1.54) is 29.8 Å². The molecular formula is C29H29FN2O4. The van der Waals surface area contributed by atoms with Crippen LogP contribution in [0.4, 0.5) is 4.39 Å². The molecule has 1 heterocycles. The maximum absolute atomic E-state index is 13.3. The standard InChI is InChI=1S/C29H29FN2O4/c1-3-34-29(33)26(21-14-16-23(30)17-15-21)35-18-6-7-19-36-28-24-8-4-5-9-25(24)31-27(32-28)22-12-10-20(2)11-13-22/h4-5,8-17,26H,3,6-7,18-19H2,1-2H3. The molecule has 6 nitrogen and oxygen atoms in total. The molecule has 0 saturated heterocycles. The molecule has 1 aromatic heterocycles. The zero-order valence-corrected chi connectivity index (χ0v) is 20.4. The van der Waals surface area contributed by atoms with Crippen LogP contribution in [0.1, 0.15) is 37.0 Å². The molecule has 0 fully saturated rings. The highest BCUT2D eigenvalue weighted by Gasteiger charge is 2.22. The number of unbranched alkanes of at least 4 members (excludes halogenated alkanes) is 1. The van der Waals surface area contributed by atoms with Crippen LogP contribution >= 0.6 is 0 Å². The van der Waals surface area contributed by atoms with E-state index >= 15 is 0 Å². The number of halogens is 1. The lowest BCUT2D eigenvalue weighted by Crippen LogP contribution is -2.19. The second kappa shape index (κ2) is 12.2. The van der Waals surface area contributed by atoms with Gasteiger partial charge in [0.25, 0.3) is 0 Å². The van der Waals surface area contributed by atoms with Gasteiger partial charge in [-0.3, -0.25) is 0 Å². The van der Waals surface area contributed by atoms with Gasteiger partial charge in [-0.05, 0) is 56.5 Å². The smallest absolute Gasteiger partial charge is 0.339 e. The fraction of sp³-hybridized carbons (Fsp3) is 0.276. The number of benzene rings is 3. The number of aromatic nitrogens is 2. The molecule has 0 amide bonds. The van der Waals surface area contributed by atoms with Crippen LogP contribution < -0.4 is 4.74 Å². The Balaban J connectivity index is 1.36. The van der Waals surface area contributed by atoms with Crippen molar-refractivity contribution in [1.82, 2.24) is 9.97 Å². The van der Waals surface area contributed by atoms with Crippen molar-refractivity contribution < 1.29 is 23.4 Å². The molecule has 36 heavy (non-hydrogen) atoms. The predicted octanol–water partition coefficient (Wildman–Crippen LogP) is 6.22. The summed E-state index contributed by atoms with van der Waals surface area (Å²) >= 11 is 0. The van der Waals surface area contributed by atoms with Gasteiger partial charge < -0.3 is 14.2 Å². The Morgan fingerprint density at radius 1 is 0.917 bits per heavy atom. The van der Waals surface area contributed by atoms with Crippen molar-refractivity contribution in [3.63, 3.8) is 0 Å². The Kier molecular flexibility index (Phi) is 8.57. The first-order valence-corrected chi connectivity index (χ1v) is 12.1. The number of ether oxygens (including phenoxy) is 3. The molecule has 1 atom stereocenters. The number of esters is 1. The van der Waals surface area contributed by atoms with Crippen LogP contribution in [-0.4, -0.2) is 35.8 Å². The first kappa shape index (κ1) is 25.3. The van der Waals surface area contributed by atoms with Gasteiger partial charge in [-0.15, -0.1) is 0 Å². The number of rotatable bonds is 11. The number of hydrogen-bond acceptors (Lipinski definition) is 6. The molecule has 7 heteroatoms. The number of aryl methyl sites for hydroxylation is 1. The summed E-state index contributed by atoms with van der Waals surface area (Å²) in [6.45, 7) is 4.77. The van der Waals surface area contributed by atoms with E-state index in [0.717, 1.165) is 16.5 Å². The maximum atomic E-state index is 13.3. The molecule has 3 aromatic carbocycles. The molecule has 0 radical (unpaired) electrons. The molecule has 0 saturated carbocycles. The third kappa shape index (κ3) is 6.43. The second-order valence-corrected chi connectivity index (χ2v) is 8.35. The van der Waals surface area contributed by atoms with Crippen molar-refractivity contribution in [1.29, 1.82) is 0 Å². The SMILES string of the molecule is CCOC(=O)C(OCCCCOc1nc(-c2ccc(C)cc2)nc2ccccc12)c1ccc(F)cc1. The van der Waals surface area contributed by atoms with Gasteiger partial charge in [0.15, 0.2) is 11.9 Å². The van der Waals surface area contributed by atoms with Crippen LogP contribution in [0.15, 0.2) is 72.8 Å². The van der Waals surface area contributed by atoms with Crippen molar-refractivity contribution in [3.05, 3.63) is 89.7 Å². The molecular weight excluding hydrogens is 459 g/mol. The summed E-state index contributed by atoms with van der Waals surface area (Å²) < 4.78 is 30.3. The number of carbonyl (C=O) groups is 1.